The molecule has 2 heterocycles. The summed E-state index contributed by atoms with van der Waals surface area (Å²) in [6.07, 6.45) is 1.63. The second-order valence-corrected chi connectivity index (χ2v) is 6.33. The first-order valence-corrected chi connectivity index (χ1v) is 8.11. The zero-order valence-corrected chi connectivity index (χ0v) is 13.7. The van der Waals surface area contributed by atoms with Gasteiger partial charge in [0.1, 0.15) is 0 Å². The highest BCUT2D eigenvalue weighted by molar-refractivity contribution is 7.11. The van der Waals surface area contributed by atoms with Crippen molar-refractivity contribution in [3.8, 4) is 0 Å². The van der Waals surface area contributed by atoms with Crippen LogP contribution in [0.3, 0.4) is 0 Å². The highest BCUT2D eigenvalue weighted by Crippen LogP contribution is 2.29. The molecule has 0 bridgehead atoms. The van der Waals surface area contributed by atoms with E-state index < -0.39 is 6.04 Å². The second-order valence-electron chi connectivity index (χ2n) is 4.37. The van der Waals surface area contributed by atoms with Crippen molar-refractivity contribution in [2.75, 3.05) is 0 Å². The molecule has 0 aliphatic heterocycles. The summed E-state index contributed by atoms with van der Waals surface area (Å²) in [6.45, 7) is 2.03. The van der Waals surface area contributed by atoms with E-state index in [4.69, 9.17) is 5.73 Å². The average molecular weight is 331 g/mol. The summed E-state index contributed by atoms with van der Waals surface area (Å²) < 4.78 is 0. The van der Waals surface area contributed by atoms with Crippen molar-refractivity contribution in [1.82, 2.24) is 5.32 Å². The molecule has 6 heteroatoms. The Morgan fingerprint density at radius 2 is 1.80 bits per heavy atom. The molecule has 0 aliphatic rings. The molecular weight excluding hydrogens is 312 g/mol. The van der Waals surface area contributed by atoms with Crippen LogP contribution >= 0.6 is 35.1 Å². The standard InChI is InChI=1S/C14H18N2OS2.ClH/c1-2-5-10(15)14(17)16-13(11-6-3-8-18-11)12-7-4-9-19-12;/h3-4,6-10,13H,2,5,15H2,1H3,(H,16,17);1H. The van der Waals surface area contributed by atoms with Crippen molar-refractivity contribution in [2.24, 2.45) is 5.73 Å². The molecule has 110 valence electrons. The molecule has 0 aliphatic carbocycles. The fourth-order valence-electron chi connectivity index (χ4n) is 1.88. The summed E-state index contributed by atoms with van der Waals surface area (Å²) in [5, 5.41) is 7.11. The highest BCUT2D eigenvalue weighted by Gasteiger charge is 2.21. The maximum atomic E-state index is 12.1. The molecule has 2 rings (SSSR count). The fraction of sp³-hybridized carbons (Fsp3) is 0.357. The molecule has 3 nitrogen and oxygen atoms in total. The summed E-state index contributed by atoms with van der Waals surface area (Å²) in [5.41, 5.74) is 5.88. The Kier molecular flexibility index (Phi) is 7.23. The van der Waals surface area contributed by atoms with Gasteiger partial charge < -0.3 is 11.1 Å². The first kappa shape index (κ1) is 17.2. The number of carbonyl (C=O) groups is 1. The minimum absolute atomic E-state index is 0. The molecular formula is C14H19ClN2OS2. The third-order valence-electron chi connectivity index (χ3n) is 2.88. The van der Waals surface area contributed by atoms with Crippen LogP contribution in [-0.2, 0) is 4.79 Å². The molecule has 1 amide bonds. The third-order valence-corrected chi connectivity index (χ3v) is 4.75. The van der Waals surface area contributed by atoms with Crippen LogP contribution < -0.4 is 11.1 Å². The second kappa shape index (κ2) is 8.42. The van der Waals surface area contributed by atoms with Crippen LogP contribution in [-0.4, -0.2) is 11.9 Å². The number of halogens is 1. The molecule has 1 atom stereocenters. The lowest BCUT2D eigenvalue weighted by Gasteiger charge is -2.19. The van der Waals surface area contributed by atoms with Gasteiger partial charge in [-0.25, -0.2) is 0 Å². The van der Waals surface area contributed by atoms with E-state index in [1.807, 2.05) is 41.9 Å². The largest absolute Gasteiger partial charge is 0.342 e. The van der Waals surface area contributed by atoms with E-state index in [-0.39, 0.29) is 24.4 Å². The number of rotatable bonds is 6. The zero-order chi connectivity index (χ0) is 13.7. The number of nitrogens with two attached hydrogens (primary N) is 1. The lowest BCUT2D eigenvalue weighted by atomic mass is 10.1. The van der Waals surface area contributed by atoms with Gasteiger partial charge in [0.25, 0.3) is 0 Å². The maximum absolute atomic E-state index is 12.1. The monoisotopic (exact) mass is 330 g/mol. The van der Waals surface area contributed by atoms with Crippen molar-refractivity contribution in [2.45, 2.75) is 31.8 Å². The number of hydrogen-bond donors (Lipinski definition) is 2. The fourth-order valence-corrected chi connectivity index (χ4v) is 3.55. The minimum atomic E-state index is -0.424. The molecule has 2 aromatic rings. The van der Waals surface area contributed by atoms with E-state index in [1.54, 1.807) is 22.7 Å². The number of amides is 1. The topological polar surface area (TPSA) is 55.1 Å². The molecule has 0 spiro atoms. The zero-order valence-electron chi connectivity index (χ0n) is 11.2. The van der Waals surface area contributed by atoms with Crippen molar-refractivity contribution in [1.29, 1.82) is 0 Å². The Balaban J connectivity index is 0.00000200. The number of carbonyl (C=O) groups excluding carboxylic acids is 1. The van der Waals surface area contributed by atoms with E-state index in [2.05, 4.69) is 5.32 Å². The highest BCUT2D eigenvalue weighted by atomic mass is 35.5. The van der Waals surface area contributed by atoms with E-state index in [1.165, 1.54) is 0 Å². The third kappa shape index (κ3) is 4.31. The lowest BCUT2D eigenvalue weighted by molar-refractivity contribution is -0.123. The van der Waals surface area contributed by atoms with Gasteiger partial charge in [-0.05, 0) is 29.3 Å². The van der Waals surface area contributed by atoms with Gasteiger partial charge in [-0.15, -0.1) is 35.1 Å². The Bertz CT molecular complexity index is 465. The van der Waals surface area contributed by atoms with Crippen LogP contribution in [0, 0.1) is 0 Å². The molecule has 2 aromatic heterocycles. The van der Waals surface area contributed by atoms with Crippen LogP contribution in [0.1, 0.15) is 35.6 Å². The molecule has 0 saturated carbocycles. The summed E-state index contributed by atoms with van der Waals surface area (Å²) >= 11 is 3.29. The van der Waals surface area contributed by atoms with Crippen LogP contribution in [0.2, 0.25) is 0 Å². The Morgan fingerprint density at radius 3 is 2.20 bits per heavy atom. The van der Waals surface area contributed by atoms with Crippen molar-refractivity contribution >= 4 is 41.0 Å². The summed E-state index contributed by atoms with van der Waals surface area (Å²) in [7, 11) is 0. The molecule has 0 aromatic carbocycles. The minimum Gasteiger partial charge on any atom is -0.342 e. The van der Waals surface area contributed by atoms with Crippen LogP contribution in [0.15, 0.2) is 35.0 Å². The number of thiophene rings is 2. The normalized spacial score (nSPS) is 11.9. The summed E-state index contributed by atoms with van der Waals surface area (Å²) in [6, 6.07) is 7.58. The van der Waals surface area contributed by atoms with Crippen LogP contribution in [0.4, 0.5) is 0 Å². The molecule has 0 fully saturated rings. The van der Waals surface area contributed by atoms with Crippen molar-refractivity contribution in [3.05, 3.63) is 44.8 Å². The average Bonchev–Trinajstić information content (AvgIpc) is 3.09. The predicted molar refractivity (Wildman–Crippen MR) is 88.8 cm³/mol. The molecule has 0 saturated heterocycles. The Labute approximate surface area is 133 Å². The number of hydrogen-bond acceptors (Lipinski definition) is 4. The predicted octanol–water partition coefficient (Wildman–Crippen LogP) is 3.56. The number of nitrogens with one attached hydrogen (secondary N) is 1. The van der Waals surface area contributed by atoms with Crippen LogP contribution in [0.5, 0.6) is 0 Å². The van der Waals surface area contributed by atoms with E-state index >= 15 is 0 Å². The molecule has 1 unspecified atom stereocenters. The van der Waals surface area contributed by atoms with Gasteiger partial charge in [0.2, 0.25) is 5.91 Å². The summed E-state index contributed by atoms with van der Waals surface area (Å²) in [4.78, 5) is 14.4. The van der Waals surface area contributed by atoms with Gasteiger partial charge in [-0.1, -0.05) is 25.5 Å². The van der Waals surface area contributed by atoms with Crippen molar-refractivity contribution in [3.63, 3.8) is 0 Å². The van der Waals surface area contributed by atoms with Gasteiger partial charge in [-0.3, -0.25) is 4.79 Å². The molecule has 3 N–H and O–H groups in total. The van der Waals surface area contributed by atoms with Gasteiger partial charge in [0.05, 0.1) is 12.1 Å². The summed E-state index contributed by atoms with van der Waals surface area (Å²) in [5.74, 6) is -0.0753. The quantitative estimate of drug-likeness (QED) is 0.850. The Morgan fingerprint density at radius 1 is 1.25 bits per heavy atom. The molecule has 20 heavy (non-hydrogen) atoms. The Hall–Kier alpha value is -0.880. The maximum Gasteiger partial charge on any atom is 0.237 e. The van der Waals surface area contributed by atoms with E-state index in [0.717, 1.165) is 16.2 Å². The van der Waals surface area contributed by atoms with E-state index in [0.29, 0.717) is 6.42 Å². The van der Waals surface area contributed by atoms with Crippen molar-refractivity contribution < 1.29 is 4.79 Å². The first-order chi connectivity index (χ1) is 9.22. The SMILES string of the molecule is CCCC(N)C(=O)NC(c1cccs1)c1cccs1.Cl. The van der Waals surface area contributed by atoms with Gasteiger partial charge in [-0.2, -0.15) is 0 Å². The first-order valence-electron chi connectivity index (χ1n) is 6.35. The molecule has 0 radical (unpaired) electrons. The van der Waals surface area contributed by atoms with Gasteiger partial charge in [0, 0.05) is 9.75 Å². The smallest absolute Gasteiger partial charge is 0.237 e. The van der Waals surface area contributed by atoms with E-state index in [9.17, 15) is 4.79 Å². The van der Waals surface area contributed by atoms with Crippen LogP contribution in [0.25, 0.3) is 0 Å². The van der Waals surface area contributed by atoms with Gasteiger partial charge >= 0.3 is 0 Å². The van der Waals surface area contributed by atoms with Gasteiger partial charge in [0.15, 0.2) is 0 Å². The lowest BCUT2D eigenvalue weighted by Crippen LogP contribution is -2.42.